The molecule has 2 bridgehead atoms. The van der Waals surface area contributed by atoms with Gasteiger partial charge in [0.05, 0.1) is 6.54 Å². The number of aliphatic hydroxyl groups excluding tert-OH is 1. The monoisotopic (exact) mass is 410 g/mol. The fourth-order valence-corrected chi connectivity index (χ4v) is 5.89. The standard InChI is InChI=1S/C24H34N4O2/c1-16-26-23(17-4-2-3-5-17)11-24(27-16)22-14-28-9-8-18(22)10-19(28)12-25-13-20-6-7-21(15-29)30-20/h6-7,11,17-19,22,25,29H,2-5,8-10,12-15H2,1H3/t18-,19+,22+/m0/s1. The first-order valence-electron chi connectivity index (χ1n) is 11.7. The molecule has 1 aliphatic carbocycles. The molecule has 0 aromatic carbocycles. The molecule has 162 valence electrons. The van der Waals surface area contributed by atoms with Crippen LogP contribution in [0.15, 0.2) is 22.6 Å². The average molecular weight is 411 g/mol. The number of piperidine rings is 3. The number of furan rings is 1. The number of rotatable bonds is 7. The van der Waals surface area contributed by atoms with Crippen LogP contribution in [0.5, 0.6) is 0 Å². The molecule has 0 radical (unpaired) electrons. The third-order valence-electron chi connectivity index (χ3n) is 7.46. The lowest BCUT2D eigenvalue weighted by atomic mass is 9.74. The first-order valence-corrected chi connectivity index (χ1v) is 11.7. The third-order valence-corrected chi connectivity index (χ3v) is 7.46. The van der Waals surface area contributed by atoms with Crippen LogP contribution in [-0.2, 0) is 13.2 Å². The van der Waals surface area contributed by atoms with Crippen LogP contribution < -0.4 is 5.32 Å². The smallest absolute Gasteiger partial charge is 0.129 e. The largest absolute Gasteiger partial charge is 0.462 e. The molecule has 2 N–H and O–H groups in total. The first kappa shape index (κ1) is 20.2. The number of aromatic nitrogens is 2. The Bertz CT molecular complexity index is 861. The molecule has 5 heterocycles. The molecular weight excluding hydrogens is 376 g/mol. The minimum atomic E-state index is -0.0373. The van der Waals surface area contributed by atoms with Crippen molar-refractivity contribution in [1.29, 1.82) is 0 Å². The summed E-state index contributed by atoms with van der Waals surface area (Å²) >= 11 is 0. The van der Waals surface area contributed by atoms with Crippen LogP contribution in [0.25, 0.3) is 0 Å². The maximum atomic E-state index is 9.14. The number of aliphatic hydroxyl groups is 1. The van der Waals surface area contributed by atoms with Crippen molar-refractivity contribution >= 4 is 0 Å². The van der Waals surface area contributed by atoms with E-state index in [-0.39, 0.29) is 6.61 Å². The molecule has 1 saturated carbocycles. The van der Waals surface area contributed by atoms with Crippen LogP contribution in [0.4, 0.5) is 0 Å². The van der Waals surface area contributed by atoms with Crippen molar-refractivity contribution in [2.75, 3.05) is 19.6 Å². The van der Waals surface area contributed by atoms with Crippen LogP contribution >= 0.6 is 0 Å². The molecule has 30 heavy (non-hydrogen) atoms. The van der Waals surface area contributed by atoms with Gasteiger partial charge < -0.3 is 14.8 Å². The zero-order valence-corrected chi connectivity index (χ0v) is 18.0. The summed E-state index contributed by atoms with van der Waals surface area (Å²) in [5.41, 5.74) is 2.59. The van der Waals surface area contributed by atoms with Crippen molar-refractivity contribution < 1.29 is 9.52 Å². The van der Waals surface area contributed by atoms with Gasteiger partial charge >= 0.3 is 0 Å². The number of aryl methyl sites for hydroxylation is 1. The van der Waals surface area contributed by atoms with E-state index >= 15 is 0 Å². The molecule has 4 fully saturated rings. The van der Waals surface area contributed by atoms with E-state index in [2.05, 4.69) is 23.2 Å². The maximum Gasteiger partial charge on any atom is 0.129 e. The van der Waals surface area contributed by atoms with E-state index in [1.54, 1.807) is 0 Å². The van der Waals surface area contributed by atoms with E-state index in [1.807, 2.05) is 12.1 Å². The van der Waals surface area contributed by atoms with Gasteiger partial charge in [-0.3, -0.25) is 4.90 Å². The lowest BCUT2D eigenvalue weighted by Crippen LogP contribution is -2.55. The Morgan fingerprint density at radius 3 is 2.67 bits per heavy atom. The molecule has 6 nitrogen and oxygen atoms in total. The summed E-state index contributed by atoms with van der Waals surface area (Å²) in [6.45, 7) is 6.04. The van der Waals surface area contributed by atoms with Crippen LogP contribution in [0.1, 0.15) is 79.1 Å². The molecule has 2 aromatic heterocycles. The fourth-order valence-electron chi connectivity index (χ4n) is 5.89. The lowest BCUT2D eigenvalue weighted by Gasteiger charge is -2.50. The van der Waals surface area contributed by atoms with E-state index in [1.165, 1.54) is 56.5 Å². The Morgan fingerprint density at radius 1 is 1.13 bits per heavy atom. The number of fused-ring (bicyclic) bond motifs is 3. The van der Waals surface area contributed by atoms with Crippen LogP contribution in [0.3, 0.4) is 0 Å². The van der Waals surface area contributed by atoms with Crippen LogP contribution in [0.2, 0.25) is 0 Å². The van der Waals surface area contributed by atoms with Gasteiger partial charge in [-0.2, -0.15) is 0 Å². The molecule has 3 saturated heterocycles. The Morgan fingerprint density at radius 2 is 1.93 bits per heavy atom. The lowest BCUT2D eigenvalue weighted by molar-refractivity contribution is 0.0289. The third kappa shape index (κ3) is 4.18. The highest BCUT2D eigenvalue weighted by molar-refractivity contribution is 5.22. The van der Waals surface area contributed by atoms with Gasteiger partial charge in [-0.25, -0.2) is 9.97 Å². The Hall–Kier alpha value is -1.76. The predicted octanol–water partition coefficient (Wildman–Crippen LogP) is 3.50. The van der Waals surface area contributed by atoms with Crippen molar-refractivity contribution in [2.45, 2.75) is 76.5 Å². The van der Waals surface area contributed by atoms with Gasteiger partial charge in [-0.05, 0) is 63.3 Å². The molecule has 3 aliphatic heterocycles. The summed E-state index contributed by atoms with van der Waals surface area (Å²) in [5, 5.41) is 12.7. The predicted molar refractivity (Wildman–Crippen MR) is 115 cm³/mol. The van der Waals surface area contributed by atoms with Gasteiger partial charge in [0.1, 0.15) is 24.0 Å². The number of hydrogen-bond donors (Lipinski definition) is 2. The zero-order valence-electron chi connectivity index (χ0n) is 18.0. The minimum Gasteiger partial charge on any atom is -0.462 e. The Labute approximate surface area is 179 Å². The molecular formula is C24H34N4O2. The summed E-state index contributed by atoms with van der Waals surface area (Å²) in [5.74, 6) is 4.39. The van der Waals surface area contributed by atoms with E-state index in [0.29, 0.717) is 30.2 Å². The summed E-state index contributed by atoms with van der Waals surface area (Å²) in [7, 11) is 0. The molecule has 4 atom stereocenters. The average Bonchev–Trinajstić information content (AvgIpc) is 3.46. The molecule has 0 spiro atoms. The van der Waals surface area contributed by atoms with Gasteiger partial charge in [-0.15, -0.1) is 0 Å². The van der Waals surface area contributed by atoms with Gasteiger partial charge in [0.25, 0.3) is 0 Å². The number of nitrogens with one attached hydrogen (secondary N) is 1. The topological polar surface area (TPSA) is 74.4 Å². The van der Waals surface area contributed by atoms with Crippen molar-refractivity contribution in [3.63, 3.8) is 0 Å². The highest BCUT2D eigenvalue weighted by Crippen LogP contribution is 2.42. The summed E-state index contributed by atoms with van der Waals surface area (Å²) in [6, 6.07) is 6.72. The molecule has 6 rings (SSSR count). The Balaban J connectivity index is 1.21. The summed E-state index contributed by atoms with van der Waals surface area (Å²) in [4.78, 5) is 12.4. The molecule has 6 heteroatoms. The van der Waals surface area contributed by atoms with Gasteiger partial charge in [0.15, 0.2) is 0 Å². The van der Waals surface area contributed by atoms with Gasteiger partial charge in [0.2, 0.25) is 0 Å². The van der Waals surface area contributed by atoms with Crippen molar-refractivity contribution in [3.8, 4) is 0 Å². The molecule has 0 amide bonds. The van der Waals surface area contributed by atoms with E-state index in [0.717, 1.165) is 30.6 Å². The second-order valence-electron chi connectivity index (χ2n) is 9.44. The summed E-state index contributed by atoms with van der Waals surface area (Å²) in [6.07, 6.45) is 7.78. The van der Waals surface area contributed by atoms with Crippen LogP contribution in [-0.4, -0.2) is 45.7 Å². The molecule has 1 unspecified atom stereocenters. The number of nitrogens with zero attached hydrogens (tertiary/aromatic N) is 3. The van der Waals surface area contributed by atoms with E-state index < -0.39 is 0 Å². The zero-order chi connectivity index (χ0) is 20.5. The highest BCUT2D eigenvalue weighted by Gasteiger charge is 2.41. The van der Waals surface area contributed by atoms with Gasteiger partial charge in [-0.1, -0.05) is 12.8 Å². The number of hydrogen-bond acceptors (Lipinski definition) is 6. The SMILES string of the molecule is Cc1nc(C2CCCC2)cc([C@@H]2CN3CC[C@H]2C[C@@H]3CNCc2ccc(CO)o2)n1. The van der Waals surface area contributed by atoms with E-state index in [4.69, 9.17) is 19.5 Å². The maximum absolute atomic E-state index is 9.14. The van der Waals surface area contributed by atoms with Crippen LogP contribution in [0, 0.1) is 12.8 Å². The quantitative estimate of drug-likeness (QED) is 0.728. The summed E-state index contributed by atoms with van der Waals surface area (Å²) < 4.78 is 5.58. The normalized spacial score (nSPS) is 29.0. The fraction of sp³-hybridized carbons (Fsp3) is 0.667. The highest BCUT2D eigenvalue weighted by atomic mass is 16.4. The van der Waals surface area contributed by atoms with Crippen molar-refractivity contribution in [2.24, 2.45) is 5.92 Å². The second kappa shape index (κ2) is 8.77. The molecule has 4 aliphatic rings. The Kier molecular flexibility index (Phi) is 5.89. The van der Waals surface area contributed by atoms with E-state index in [9.17, 15) is 0 Å². The van der Waals surface area contributed by atoms with Crippen molar-refractivity contribution in [3.05, 3.63) is 46.9 Å². The van der Waals surface area contributed by atoms with Crippen molar-refractivity contribution in [1.82, 2.24) is 20.2 Å². The second-order valence-corrected chi connectivity index (χ2v) is 9.44. The first-order chi connectivity index (χ1) is 14.7. The minimum absolute atomic E-state index is 0.0373. The van der Waals surface area contributed by atoms with Gasteiger partial charge in [0, 0.05) is 42.4 Å². The molecule has 2 aromatic rings.